The third-order valence-corrected chi connectivity index (χ3v) is 3.47. The molecule has 1 fully saturated rings. The molecule has 6 heteroatoms. The van der Waals surface area contributed by atoms with E-state index in [1.54, 1.807) is 4.90 Å². The first-order chi connectivity index (χ1) is 8.58. The molecule has 1 aliphatic rings. The summed E-state index contributed by atoms with van der Waals surface area (Å²) in [5, 5.41) is 8.63. The smallest absolute Gasteiger partial charge is 0.303 e. The number of nitrogens with two attached hydrogens (primary N) is 1. The molecule has 0 aliphatic carbocycles. The molecule has 18 heavy (non-hydrogen) atoms. The highest BCUT2D eigenvalue weighted by molar-refractivity contribution is 5.81. The van der Waals surface area contributed by atoms with Crippen molar-refractivity contribution in [2.75, 3.05) is 26.7 Å². The summed E-state index contributed by atoms with van der Waals surface area (Å²) in [5.74, 6) is -0.406. The van der Waals surface area contributed by atoms with Gasteiger partial charge in [0, 0.05) is 33.2 Å². The number of likely N-dealkylation sites (tertiary alicyclic amines) is 1. The lowest BCUT2D eigenvalue weighted by Crippen LogP contribution is -2.47. The molecule has 0 bridgehead atoms. The first-order valence-corrected chi connectivity index (χ1v) is 6.32. The van der Waals surface area contributed by atoms with Crippen LogP contribution in [0.5, 0.6) is 0 Å². The predicted octanol–water partition coefficient (Wildman–Crippen LogP) is 0.0635. The molecule has 1 rings (SSSR count). The van der Waals surface area contributed by atoms with E-state index >= 15 is 0 Å². The zero-order chi connectivity index (χ0) is 13.5. The van der Waals surface area contributed by atoms with Crippen molar-refractivity contribution in [1.82, 2.24) is 4.90 Å². The minimum Gasteiger partial charge on any atom is -0.481 e. The normalized spacial score (nSPS) is 18.7. The van der Waals surface area contributed by atoms with Crippen LogP contribution in [-0.4, -0.2) is 54.7 Å². The summed E-state index contributed by atoms with van der Waals surface area (Å²) in [6.07, 6.45) is 2.07. The molecule has 0 spiro atoms. The van der Waals surface area contributed by atoms with E-state index in [-0.39, 0.29) is 18.9 Å². The Balaban J connectivity index is 2.34. The van der Waals surface area contributed by atoms with Crippen LogP contribution in [0.25, 0.3) is 0 Å². The fourth-order valence-electron chi connectivity index (χ4n) is 2.27. The molecule has 6 nitrogen and oxygen atoms in total. The molecule has 3 N–H and O–H groups in total. The number of hydrogen-bond donors (Lipinski definition) is 2. The zero-order valence-electron chi connectivity index (χ0n) is 10.8. The fraction of sp³-hybridized carbons (Fsp3) is 0.833. The Kier molecular flexibility index (Phi) is 6.07. The average Bonchev–Trinajstić information content (AvgIpc) is 2.38. The van der Waals surface area contributed by atoms with Gasteiger partial charge in [-0.15, -0.1) is 0 Å². The van der Waals surface area contributed by atoms with Gasteiger partial charge in [-0.3, -0.25) is 9.59 Å². The summed E-state index contributed by atoms with van der Waals surface area (Å²) in [6.45, 7) is 1.53. The Morgan fingerprint density at radius 3 is 2.50 bits per heavy atom. The number of nitrogens with zero attached hydrogens (tertiary/aromatic N) is 1. The van der Waals surface area contributed by atoms with Crippen LogP contribution in [0.4, 0.5) is 0 Å². The summed E-state index contributed by atoms with van der Waals surface area (Å²) >= 11 is 0. The summed E-state index contributed by atoms with van der Waals surface area (Å²) in [7, 11) is 1.48. The highest BCUT2D eigenvalue weighted by Gasteiger charge is 2.27. The van der Waals surface area contributed by atoms with Gasteiger partial charge in [-0.25, -0.2) is 0 Å². The van der Waals surface area contributed by atoms with Crippen LogP contribution in [0.3, 0.4) is 0 Å². The van der Waals surface area contributed by atoms with E-state index in [0.717, 1.165) is 12.8 Å². The van der Waals surface area contributed by atoms with Gasteiger partial charge in [-0.1, -0.05) is 0 Å². The Morgan fingerprint density at radius 2 is 2.06 bits per heavy atom. The van der Waals surface area contributed by atoms with Crippen molar-refractivity contribution in [3.05, 3.63) is 0 Å². The second kappa shape index (κ2) is 7.33. The quantitative estimate of drug-likeness (QED) is 0.703. The summed E-state index contributed by atoms with van der Waals surface area (Å²) in [5.41, 5.74) is 5.46. The monoisotopic (exact) mass is 258 g/mol. The number of carbonyl (C=O) groups is 2. The second-order valence-corrected chi connectivity index (χ2v) is 4.66. The van der Waals surface area contributed by atoms with Crippen LogP contribution >= 0.6 is 0 Å². The molecule has 0 saturated carbocycles. The lowest BCUT2D eigenvalue weighted by molar-refractivity contribution is -0.143. The number of ether oxygens (including phenoxy) is 1. The van der Waals surface area contributed by atoms with Crippen molar-refractivity contribution in [1.29, 1.82) is 0 Å². The minimum absolute atomic E-state index is 0.0586. The van der Waals surface area contributed by atoms with Crippen LogP contribution in [-0.2, 0) is 14.3 Å². The molecule has 1 amide bonds. The predicted molar refractivity (Wildman–Crippen MR) is 66.0 cm³/mol. The molecular formula is C12H22N2O4. The summed E-state index contributed by atoms with van der Waals surface area (Å²) < 4.78 is 5.03. The lowest BCUT2D eigenvalue weighted by Gasteiger charge is -2.33. The van der Waals surface area contributed by atoms with Crippen molar-refractivity contribution in [2.45, 2.75) is 31.8 Å². The Labute approximate surface area is 107 Å². The SMILES string of the molecule is COC(CN)C(=O)N1CCC(CCC(=O)O)CC1. The van der Waals surface area contributed by atoms with E-state index in [4.69, 9.17) is 15.6 Å². The van der Waals surface area contributed by atoms with Crippen molar-refractivity contribution in [3.8, 4) is 0 Å². The number of carboxylic acids is 1. The van der Waals surface area contributed by atoms with Crippen LogP contribution < -0.4 is 5.73 Å². The number of hydrogen-bond acceptors (Lipinski definition) is 4. The molecule has 0 aromatic carbocycles. The van der Waals surface area contributed by atoms with Crippen LogP contribution in [0.1, 0.15) is 25.7 Å². The Morgan fingerprint density at radius 1 is 1.44 bits per heavy atom. The number of rotatable bonds is 6. The number of carbonyl (C=O) groups excluding carboxylic acids is 1. The Hall–Kier alpha value is -1.14. The van der Waals surface area contributed by atoms with Crippen LogP contribution in [0, 0.1) is 5.92 Å². The zero-order valence-corrected chi connectivity index (χ0v) is 10.8. The molecule has 0 radical (unpaired) electrons. The van der Waals surface area contributed by atoms with E-state index < -0.39 is 12.1 Å². The number of methoxy groups -OCH3 is 1. The van der Waals surface area contributed by atoms with Crippen molar-refractivity contribution < 1.29 is 19.4 Å². The third kappa shape index (κ3) is 4.27. The number of aliphatic carboxylic acids is 1. The summed E-state index contributed by atoms with van der Waals surface area (Å²) in [4.78, 5) is 24.2. The molecule has 1 aliphatic heterocycles. The van der Waals surface area contributed by atoms with Gasteiger partial charge < -0.3 is 20.5 Å². The standard InChI is InChI=1S/C12H22N2O4/c1-18-10(8-13)12(17)14-6-4-9(5-7-14)2-3-11(15)16/h9-10H,2-8,13H2,1H3,(H,15,16). The van der Waals surface area contributed by atoms with E-state index in [9.17, 15) is 9.59 Å². The van der Waals surface area contributed by atoms with Crippen molar-refractivity contribution >= 4 is 11.9 Å². The third-order valence-electron chi connectivity index (χ3n) is 3.47. The maximum atomic E-state index is 12.0. The topological polar surface area (TPSA) is 92.9 Å². The molecule has 1 saturated heterocycles. The van der Waals surface area contributed by atoms with Gasteiger partial charge >= 0.3 is 5.97 Å². The molecular weight excluding hydrogens is 236 g/mol. The molecule has 1 heterocycles. The lowest BCUT2D eigenvalue weighted by atomic mass is 9.92. The minimum atomic E-state index is -0.754. The molecule has 0 aromatic rings. The number of carboxylic acid groups (broad SMARTS) is 1. The molecule has 104 valence electrons. The van der Waals surface area contributed by atoms with Gasteiger partial charge in [0.05, 0.1) is 0 Å². The molecule has 1 atom stereocenters. The van der Waals surface area contributed by atoms with E-state index in [0.29, 0.717) is 25.4 Å². The maximum Gasteiger partial charge on any atom is 0.303 e. The molecule has 1 unspecified atom stereocenters. The average molecular weight is 258 g/mol. The van der Waals surface area contributed by atoms with Gasteiger partial charge in [0.25, 0.3) is 5.91 Å². The molecule has 0 aromatic heterocycles. The van der Waals surface area contributed by atoms with Crippen molar-refractivity contribution in [2.24, 2.45) is 11.7 Å². The van der Waals surface area contributed by atoms with Crippen LogP contribution in [0.15, 0.2) is 0 Å². The van der Waals surface area contributed by atoms with Gasteiger partial charge in [-0.05, 0) is 25.2 Å². The fourth-order valence-corrected chi connectivity index (χ4v) is 2.27. The Bertz CT molecular complexity index is 284. The first kappa shape index (κ1) is 14.9. The number of amides is 1. The highest BCUT2D eigenvalue weighted by Crippen LogP contribution is 2.22. The first-order valence-electron chi connectivity index (χ1n) is 6.32. The largest absolute Gasteiger partial charge is 0.481 e. The van der Waals surface area contributed by atoms with Gasteiger partial charge in [0.15, 0.2) is 0 Å². The number of piperidine rings is 1. The van der Waals surface area contributed by atoms with E-state index in [1.807, 2.05) is 0 Å². The van der Waals surface area contributed by atoms with Gasteiger partial charge in [0.1, 0.15) is 6.10 Å². The van der Waals surface area contributed by atoms with Crippen molar-refractivity contribution in [3.63, 3.8) is 0 Å². The van der Waals surface area contributed by atoms with E-state index in [2.05, 4.69) is 0 Å². The van der Waals surface area contributed by atoms with Crippen LogP contribution in [0.2, 0.25) is 0 Å². The summed E-state index contributed by atoms with van der Waals surface area (Å²) in [6, 6.07) is 0. The van der Waals surface area contributed by atoms with E-state index in [1.165, 1.54) is 7.11 Å². The van der Waals surface area contributed by atoms with Gasteiger partial charge in [-0.2, -0.15) is 0 Å². The second-order valence-electron chi connectivity index (χ2n) is 4.66. The highest BCUT2D eigenvalue weighted by atomic mass is 16.5. The van der Waals surface area contributed by atoms with Gasteiger partial charge in [0.2, 0.25) is 0 Å². The maximum absolute atomic E-state index is 12.0.